The summed E-state index contributed by atoms with van der Waals surface area (Å²) in [5, 5.41) is 0. The van der Waals surface area contributed by atoms with Crippen LogP contribution in [-0.4, -0.2) is 21.2 Å². The largest absolute Gasteiger partial charge is 0.324 e. The number of carbonyl (C=O) groups is 2. The van der Waals surface area contributed by atoms with Gasteiger partial charge >= 0.3 is 0 Å². The lowest BCUT2D eigenvalue weighted by molar-refractivity contribution is -0.139. The van der Waals surface area contributed by atoms with E-state index < -0.39 is 5.91 Å². The summed E-state index contributed by atoms with van der Waals surface area (Å²) in [6.07, 6.45) is 9.35. The third-order valence-electron chi connectivity index (χ3n) is 4.33. The Hall–Kier alpha value is -2.88. The van der Waals surface area contributed by atoms with Crippen molar-refractivity contribution in [2.24, 2.45) is 0 Å². The molecule has 0 saturated carbocycles. The first-order chi connectivity index (χ1) is 11.2. The zero-order valence-electron chi connectivity index (χ0n) is 12.6. The number of rotatable bonds is 3. The van der Waals surface area contributed by atoms with Gasteiger partial charge in [0, 0.05) is 29.4 Å². The highest BCUT2D eigenvalue weighted by molar-refractivity contribution is 6.46. The fourth-order valence-corrected chi connectivity index (χ4v) is 3.13. The second-order valence-corrected chi connectivity index (χ2v) is 5.78. The first kappa shape index (κ1) is 13.8. The monoisotopic (exact) mass is 304 g/mol. The third kappa shape index (κ3) is 2.32. The van der Waals surface area contributed by atoms with Crippen molar-refractivity contribution in [2.75, 3.05) is 0 Å². The molecule has 4 heteroatoms. The van der Waals surface area contributed by atoms with Crippen LogP contribution in [0, 0.1) is 0 Å². The summed E-state index contributed by atoms with van der Waals surface area (Å²) >= 11 is 0. The van der Waals surface area contributed by atoms with Gasteiger partial charge in [0.25, 0.3) is 11.7 Å². The predicted octanol–water partition coefficient (Wildman–Crippen LogP) is 2.99. The molecule has 1 aliphatic carbocycles. The van der Waals surface area contributed by atoms with Crippen LogP contribution in [0.5, 0.6) is 0 Å². The molecule has 4 nitrogen and oxygen atoms in total. The number of ketones is 1. The quantitative estimate of drug-likeness (QED) is 0.818. The minimum Gasteiger partial charge on any atom is -0.324 e. The van der Waals surface area contributed by atoms with Crippen LogP contribution in [0.15, 0.2) is 72.2 Å². The lowest BCUT2D eigenvalue weighted by atomic mass is 10.0. The van der Waals surface area contributed by atoms with Crippen molar-refractivity contribution in [3.63, 3.8) is 0 Å². The summed E-state index contributed by atoms with van der Waals surface area (Å²) in [4.78, 5) is 25.9. The molecule has 0 saturated heterocycles. The van der Waals surface area contributed by atoms with Gasteiger partial charge in [-0.1, -0.05) is 24.3 Å². The SMILES string of the molecule is O=C1C(=O)N(Cc2ccc(-n3cccc3)cc2)C2=C1C=CCC2. The number of hydrogen-bond acceptors (Lipinski definition) is 2. The number of allylic oxidation sites excluding steroid dienone is 3. The Morgan fingerprint density at radius 2 is 1.74 bits per heavy atom. The van der Waals surface area contributed by atoms with Crippen molar-refractivity contribution in [3.05, 3.63) is 77.8 Å². The van der Waals surface area contributed by atoms with Gasteiger partial charge in [0.1, 0.15) is 0 Å². The van der Waals surface area contributed by atoms with E-state index in [0.29, 0.717) is 12.1 Å². The molecule has 2 aliphatic rings. The molecule has 0 fully saturated rings. The molecule has 0 bridgehead atoms. The summed E-state index contributed by atoms with van der Waals surface area (Å²) < 4.78 is 2.03. The molecule has 2 heterocycles. The third-order valence-corrected chi connectivity index (χ3v) is 4.33. The van der Waals surface area contributed by atoms with Gasteiger partial charge in [0.2, 0.25) is 0 Å². The van der Waals surface area contributed by atoms with Gasteiger partial charge in [-0.25, -0.2) is 0 Å². The van der Waals surface area contributed by atoms with Crippen LogP contribution in [0.2, 0.25) is 0 Å². The summed E-state index contributed by atoms with van der Waals surface area (Å²) in [5.41, 5.74) is 3.54. The van der Waals surface area contributed by atoms with Crippen molar-refractivity contribution < 1.29 is 9.59 Å². The summed E-state index contributed by atoms with van der Waals surface area (Å²) in [7, 11) is 0. The molecule has 0 spiro atoms. The molecule has 1 aliphatic heterocycles. The second-order valence-electron chi connectivity index (χ2n) is 5.78. The average Bonchev–Trinajstić information content (AvgIpc) is 3.20. The molecule has 2 aromatic rings. The van der Waals surface area contributed by atoms with Gasteiger partial charge in [-0.3, -0.25) is 9.59 Å². The van der Waals surface area contributed by atoms with Gasteiger partial charge in [-0.15, -0.1) is 0 Å². The first-order valence-corrected chi connectivity index (χ1v) is 7.72. The lowest BCUT2D eigenvalue weighted by Crippen LogP contribution is -2.28. The van der Waals surface area contributed by atoms with E-state index in [1.54, 1.807) is 11.0 Å². The molecule has 114 valence electrons. The van der Waals surface area contributed by atoms with Crippen molar-refractivity contribution in [3.8, 4) is 5.69 Å². The maximum atomic E-state index is 12.2. The standard InChI is InChI=1S/C19H16N2O2/c22-18-16-5-1-2-6-17(16)21(19(18)23)13-14-7-9-15(10-8-14)20-11-3-4-12-20/h1,3-5,7-12H,2,6,13H2. The van der Waals surface area contributed by atoms with Gasteiger partial charge < -0.3 is 9.47 Å². The number of benzene rings is 1. The van der Waals surface area contributed by atoms with Crippen molar-refractivity contribution in [2.45, 2.75) is 19.4 Å². The summed E-state index contributed by atoms with van der Waals surface area (Å²) in [6.45, 7) is 0.448. The maximum absolute atomic E-state index is 12.2. The Bertz CT molecular complexity index is 827. The molecule has 0 unspecified atom stereocenters. The van der Waals surface area contributed by atoms with Gasteiger partial charge in [0.15, 0.2) is 0 Å². The zero-order valence-corrected chi connectivity index (χ0v) is 12.6. The zero-order chi connectivity index (χ0) is 15.8. The van der Waals surface area contributed by atoms with E-state index in [0.717, 1.165) is 29.8 Å². The highest BCUT2D eigenvalue weighted by Crippen LogP contribution is 2.31. The number of nitrogens with zero attached hydrogens (tertiary/aromatic N) is 2. The van der Waals surface area contributed by atoms with Gasteiger partial charge in [0.05, 0.1) is 6.54 Å². The van der Waals surface area contributed by atoms with Crippen LogP contribution in [0.25, 0.3) is 5.69 Å². The van der Waals surface area contributed by atoms with Crippen LogP contribution in [0.1, 0.15) is 18.4 Å². The Morgan fingerprint density at radius 1 is 1.00 bits per heavy atom. The van der Waals surface area contributed by atoms with Crippen molar-refractivity contribution in [1.82, 2.24) is 9.47 Å². The van der Waals surface area contributed by atoms with E-state index in [9.17, 15) is 9.59 Å². The number of Topliss-reactive ketones (excluding diaryl/α,β-unsaturated/α-hetero) is 1. The fourth-order valence-electron chi connectivity index (χ4n) is 3.13. The number of hydrogen-bond donors (Lipinski definition) is 0. The lowest BCUT2D eigenvalue weighted by Gasteiger charge is -2.21. The predicted molar refractivity (Wildman–Crippen MR) is 86.7 cm³/mol. The first-order valence-electron chi connectivity index (χ1n) is 7.72. The molecular weight excluding hydrogens is 288 g/mol. The minimum absolute atomic E-state index is 0.375. The van der Waals surface area contributed by atoms with Crippen LogP contribution in [-0.2, 0) is 16.1 Å². The van der Waals surface area contributed by atoms with Crippen LogP contribution in [0.4, 0.5) is 0 Å². The highest BCUT2D eigenvalue weighted by Gasteiger charge is 2.37. The summed E-state index contributed by atoms with van der Waals surface area (Å²) in [6, 6.07) is 12.0. The normalized spacial score (nSPS) is 17.1. The maximum Gasteiger partial charge on any atom is 0.299 e. The smallest absolute Gasteiger partial charge is 0.299 e. The van der Waals surface area contributed by atoms with E-state index in [1.807, 2.05) is 59.4 Å². The van der Waals surface area contributed by atoms with Crippen LogP contribution < -0.4 is 0 Å². The molecule has 1 amide bonds. The number of aromatic nitrogens is 1. The molecule has 1 aromatic heterocycles. The van der Waals surface area contributed by atoms with E-state index in [2.05, 4.69) is 0 Å². The summed E-state index contributed by atoms with van der Waals surface area (Å²) in [5.74, 6) is -0.782. The Kier molecular flexibility index (Phi) is 3.23. The molecular formula is C19H16N2O2. The Balaban J connectivity index is 1.58. The fraction of sp³-hybridized carbons (Fsp3) is 0.158. The molecule has 4 rings (SSSR count). The van der Waals surface area contributed by atoms with E-state index in [1.165, 1.54) is 0 Å². The molecule has 23 heavy (non-hydrogen) atoms. The average molecular weight is 304 g/mol. The molecule has 1 aromatic carbocycles. The molecule has 0 atom stereocenters. The minimum atomic E-state index is -0.406. The van der Waals surface area contributed by atoms with E-state index in [4.69, 9.17) is 0 Å². The van der Waals surface area contributed by atoms with Crippen LogP contribution >= 0.6 is 0 Å². The van der Waals surface area contributed by atoms with Crippen LogP contribution in [0.3, 0.4) is 0 Å². The molecule has 0 radical (unpaired) electrons. The van der Waals surface area contributed by atoms with Gasteiger partial charge in [-0.2, -0.15) is 0 Å². The van der Waals surface area contributed by atoms with Crippen molar-refractivity contribution >= 4 is 11.7 Å². The topological polar surface area (TPSA) is 42.3 Å². The molecule has 0 N–H and O–H groups in total. The Morgan fingerprint density at radius 3 is 2.48 bits per heavy atom. The number of amides is 1. The second kappa shape index (κ2) is 5.39. The number of carbonyl (C=O) groups excluding carboxylic acids is 2. The van der Waals surface area contributed by atoms with Gasteiger partial charge in [-0.05, 0) is 42.7 Å². The van der Waals surface area contributed by atoms with Crippen molar-refractivity contribution in [1.29, 1.82) is 0 Å². The highest BCUT2D eigenvalue weighted by atomic mass is 16.2. The van der Waals surface area contributed by atoms with E-state index >= 15 is 0 Å². The Labute approximate surface area is 134 Å². The van der Waals surface area contributed by atoms with E-state index in [-0.39, 0.29) is 5.78 Å².